The molecule has 1 aliphatic heterocycles. The number of allylic oxidation sites excluding steroid dienone is 1. The summed E-state index contributed by atoms with van der Waals surface area (Å²) in [7, 11) is 1.98. The summed E-state index contributed by atoms with van der Waals surface area (Å²) >= 11 is 0. The van der Waals surface area contributed by atoms with E-state index >= 15 is 0 Å². The van der Waals surface area contributed by atoms with E-state index in [9.17, 15) is 0 Å². The van der Waals surface area contributed by atoms with Gasteiger partial charge in [0.1, 0.15) is 12.4 Å². The highest BCUT2D eigenvalue weighted by Gasteiger charge is 2.19. The second-order valence-corrected chi connectivity index (χ2v) is 5.65. The Hall–Kier alpha value is -2.55. The van der Waals surface area contributed by atoms with Crippen LogP contribution in [0.3, 0.4) is 0 Å². The molecule has 1 aliphatic rings. The summed E-state index contributed by atoms with van der Waals surface area (Å²) in [5.41, 5.74) is 6.05. The Morgan fingerprint density at radius 3 is 2.95 bits per heavy atom. The predicted octanol–water partition coefficient (Wildman–Crippen LogP) is 4.31. The lowest BCUT2D eigenvalue weighted by molar-refractivity contribution is 0.307. The van der Waals surface area contributed by atoms with E-state index in [0.29, 0.717) is 6.61 Å². The Bertz CT molecular complexity index is 890. The third-order valence-electron chi connectivity index (χ3n) is 4.23. The maximum atomic E-state index is 6.05. The second-order valence-electron chi connectivity index (χ2n) is 5.65. The number of nitrogens with zero attached hydrogens (tertiary/aromatic N) is 2. The van der Waals surface area contributed by atoms with Crippen LogP contribution in [0.5, 0.6) is 5.75 Å². The van der Waals surface area contributed by atoms with Crippen molar-refractivity contribution in [2.75, 3.05) is 0 Å². The molecule has 3 heteroatoms. The summed E-state index contributed by atoms with van der Waals surface area (Å²) in [4.78, 5) is 0. The fraction of sp³-hybridized carbons (Fsp3) is 0.211. The lowest BCUT2D eigenvalue weighted by Crippen LogP contribution is -1.97. The highest BCUT2D eigenvalue weighted by molar-refractivity contribution is 5.91. The van der Waals surface area contributed by atoms with Gasteiger partial charge in [-0.3, -0.25) is 4.68 Å². The molecule has 110 valence electrons. The zero-order valence-corrected chi connectivity index (χ0v) is 12.8. The summed E-state index contributed by atoms with van der Waals surface area (Å²) in [5, 5.41) is 5.53. The molecular formula is C19H18N2O. The third-order valence-corrected chi connectivity index (χ3v) is 4.23. The molecule has 2 heterocycles. The van der Waals surface area contributed by atoms with Crippen molar-refractivity contribution in [1.29, 1.82) is 0 Å². The first-order chi connectivity index (χ1) is 10.8. The first kappa shape index (κ1) is 13.1. The lowest BCUT2D eigenvalue weighted by Gasteiger charge is -2.10. The van der Waals surface area contributed by atoms with Crippen molar-refractivity contribution in [3.63, 3.8) is 0 Å². The van der Waals surface area contributed by atoms with E-state index in [1.165, 1.54) is 27.6 Å². The van der Waals surface area contributed by atoms with Gasteiger partial charge in [-0.25, -0.2) is 0 Å². The van der Waals surface area contributed by atoms with E-state index in [1.54, 1.807) is 0 Å². The van der Waals surface area contributed by atoms with E-state index in [-0.39, 0.29) is 0 Å². The Balaban J connectivity index is 2.02. The molecule has 0 bridgehead atoms. The van der Waals surface area contributed by atoms with E-state index in [2.05, 4.69) is 42.4 Å². The van der Waals surface area contributed by atoms with Gasteiger partial charge < -0.3 is 4.74 Å². The van der Waals surface area contributed by atoms with Crippen molar-refractivity contribution in [3.05, 3.63) is 65.4 Å². The maximum absolute atomic E-state index is 6.05. The molecule has 0 atom stereocenters. The minimum atomic E-state index is 0.592. The molecular weight excluding hydrogens is 272 g/mol. The summed E-state index contributed by atoms with van der Waals surface area (Å²) in [6.07, 6.45) is 5.21. The van der Waals surface area contributed by atoms with Crippen LogP contribution in [-0.2, 0) is 13.7 Å². The van der Waals surface area contributed by atoms with Gasteiger partial charge in [0, 0.05) is 18.0 Å². The minimum Gasteiger partial charge on any atom is -0.488 e. The Morgan fingerprint density at radius 2 is 2.09 bits per heavy atom. The van der Waals surface area contributed by atoms with Gasteiger partial charge in [0.25, 0.3) is 0 Å². The monoisotopic (exact) mass is 290 g/mol. The average Bonchev–Trinajstić information content (AvgIpc) is 2.82. The number of aryl methyl sites for hydroxylation is 1. The molecule has 0 fully saturated rings. The van der Waals surface area contributed by atoms with E-state index in [4.69, 9.17) is 4.74 Å². The maximum Gasteiger partial charge on any atom is 0.127 e. The van der Waals surface area contributed by atoms with E-state index < -0.39 is 0 Å². The normalized spacial score (nSPS) is 15.3. The first-order valence-electron chi connectivity index (χ1n) is 7.65. The van der Waals surface area contributed by atoms with Crippen molar-refractivity contribution >= 4 is 16.5 Å². The van der Waals surface area contributed by atoms with Crippen LogP contribution in [0.2, 0.25) is 0 Å². The second kappa shape index (κ2) is 5.02. The molecule has 0 unspecified atom stereocenters. The van der Waals surface area contributed by atoms with Gasteiger partial charge in [-0.1, -0.05) is 31.2 Å². The quantitative estimate of drug-likeness (QED) is 0.668. The molecule has 3 nitrogen and oxygen atoms in total. The SMILES string of the molecule is CCC=C1c2cc3cnn(C)c3cc2COc2ccccc21. The van der Waals surface area contributed by atoms with Gasteiger partial charge in [-0.15, -0.1) is 0 Å². The van der Waals surface area contributed by atoms with E-state index in [1.807, 2.05) is 30.1 Å². The van der Waals surface area contributed by atoms with Crippen LogP contribution in [0.1, 0.15) is 30.0 Å². The number of para-hydroxylation sites is 1. The molecule has 1 aromatic heterocycles. The molecule has 0 saturated carbocycles. The fourth-order valence-electron chi connectivity index (χ4n) is 3.15. The van der Waals surface area contributed by atoms with Gasteiger partial charge in [-0.05, 0) is 41.3 Å². The van der Waals surface area contributed by atoms with Crippen molar-refractivity contribution < 1.29 is 4.74 Å². The summed E-state index contributed by atoms with van der Waals surface area (Å²) < 4.78 is 7.96. The van der Waals surface area contributed by atoms with Crippen LogP contribution in [-0.4, -0.2) is 9.78 Å². The molecule has 0 radical (unpaired) electrons. The number of ether oxygens (including phenoxy) is 1. The number of hydrogen-bond donors (Lipinski definition) is 0. The molecule has 0 aliphatic carbocycles. The van der Waals surface area contributed by atoms with Crippen molar-refractivity contribution in [2.45, 2.75) is 20.0 Å². The molecule has 0 amide bonds. The van der Waals surface area contributed by atoms with Crippen LogP contribution < -0.4 is 4.74 Å². The van der Waals surface area contributed by atoms with Gasteiger partial charge >= 0.3 is 0 Å². The minimum absolute atomic E-state index is 0.592. The Kier molecular flexibility index (Phi) is 3.00. The molecule has 4 rings (SSSR count). The number of fused-ring (bicyclic) bond motifs is 3. The van der Waals surface area contributed by atoms with Gasteiger partial charge in [0.2, 0.25) is 0 Å². The highest BCUT2D eigenvalue weighted by Crippen LogP contribution is 2.38. The van der Waals surface area contributed by atoms with Crippen molar-refractivity contribution in [1.82, 2.24) is 9.78 Å². The zero-order valence-electron chi connectivity index (χ0n) is 12.8. The number of hydrogen-bond acceptors (Lipinski definition) is 2. The molecule has 2 aromatic carbocycles. The smallest absolute Gasteiger partial charge is 0.127 e. The van der Waals surface area contributed by atoms with Crippen LogP contribution >= 0.6 is 0 Å². The van der Waals surface area contributed by atoms with Crippen molar-refractivity contribution in [3.8, 4) is 5.75 Å². The molecule has 0 spiro atoms. The summed E-state index contributed by atoms with van der Waals surface area (Å²) in [6, 6.07) is 12.7. The van der Waals surface area contributed by atoms with E-state index in [0.717, 1.165) is 17.7 Å². The number of benzene rings is 2. The standard InChI is InChI=1S/C19H18N2O/c1-3-6-15-16-7-4-5-8-19(16)22-12-14-10-18-13(9-17(14)15)11-20-21(18)2/h4-11H,3,12H2,1-2H3. The molecule has 3 aromatic rings. The largest absolute Gasteiger partial charge is 0.488 e. The fourth-order valence-corrected chi connectivity index (χ4v) is 3.15. The first-order valence-corrected chi connectivity index (χ1v) is 7.65. The van der Waals surface area contributed by atoms with Crippen LogP contribution in [0.25, 0.3) is 16.5 Å². The van der Waals surface area contributed by atoms with Gasteiger partial charge in [0.05, 0.1) is 11.7 Å². The highest BCUT2D eigenvalue weighted by atomic mass is 16.5. The lowest BCUT2D eigenvalue weighted by atomic mass is 9.92. The number of rotatable bonds is 1. The van der Waals surface area contributed by atoms with Crippen molar-refractivity contribution in [2.24, 2.45) is 7.05 Å². The molecule has 0 saturated heterocycles. The van der Waals surface area contributed by atoms with Crippen LogP contribution in [0.15, 0.2) is 48.7 Å². The summed E-state index contributed by atoms with van der Waals surface area (Å²) in [5.74, 6) is 0.959. The van der Waals surface area contributed by atoms with Crippen LogP contribution in [0.4, 0.5) is 0 Å². The Morgan fingerprint density at radius 1 is 1.23 bits per heavy atom. The molecule has 0 N–H and O–H groups in total. The third kappa shape index (κ3) is 1.93. The summed E-state index contributed by atoms with van der Waals surface area (Å²) in [6.45, 7) is 2.76. The molecule has 22 heavy (non-hydrogen) atoms. The Labute approximate surface area is 129 Å². The van der Waals surface area contributed by atoms with Gasteiger partial charge in [-0.2, -0.15) is 5.10 Å². The van der Waals surface area contributed by atoms with Gasteiger partial charge in [0.15, 0.2) is 0 Å². The predicted molar refractivity (Wildman–Crippen MR) is 88.9 cm³/mol. The zero-order chi connectivity index (χ0) is 15.1. The number of aromatic nitrogens is 2. The average molecular weight is 290 g/mol. The van der Waals surface area contributed by atoms with Crippen LogP contribution in [0, 0.1) is 0 Å². The topological polar surface area (TPSA) is 27.1 Å².